The van der Waals surface area contributed by atoms with Crippen LogP contribution in [-0.2, 0) is 9.53 Å². The standard InChI is InChI=1S/C29H32N4O3S/c1-19-8-9-22(16-30-19)26-31-20(2)25(37-26)28(35)33-13-10-23(24(17-33)21-6-4-3-5-7-21)27(34)32-14-11-29(12-15-32)18-36-29/h3-9,16,23-24H,10-15,17-18H2,1-2H3/t23-,24+/m1/s1. The average molecular weight is 517 g/mol. The predicted octanol–water partition coefficient (Wildman–Crippen LogP) is 4.46. The molecule has 8 heteroatoms. The van der Waals surface area contributed by atoms with Gasteiger partial charge in [-0.15, -0.1) is 11.3 Å². The van der Waals surface area contributed by atoms with Crippen molar-refractivity contribution < 1.29 is 14.3 Å². The zero-order valence-corrected chi connectivity index (χ0v) is 22.2. The Balaban J connectivity index is 1.22. The number of piperidine rings is 2. The maximum Gasteiger partial charge on any atom is 0.265 e. The summed E-state index contributed by atoms with van der Waals surface area (Å²) in [6.07, 6.45) is 4.32. The Morgan fingerprint density at radius 3 is 2.46 bits per heavy atom. The lowest BCUT2D eigenvalue weighted by molar-refractivity contribution is -0.139. The summed E-state index contributed by atoms with van der Waals surface area (Å²) in [6, 6.07) is 14.2. The Morgan fingerprint density at radius 1 is 1.03 bits per heavy atom. The summed E-state index contributed by atoms with van der Waals surface area (Å²) in [6.45, 7) is 7.30. The summed E-state index contributed by atoms with van der Waals surface area (Å²) in [5.74, 6) is 0.0596. The van der Waals surface area contributed by atoms with Gasteiger partial charge < -0.3 is 14.5 Å². The van der Waals surface area contributed by atoms with Crippen LogP contribution in [0.25, 0.3) is 10.6 Å². The monoisotopic (exact) mass is 516 g/mol. The Kier molecular flexibility index (Phi) is 6.32. The zero-order chi connectivity index (χ0) is 25.6. The van der Waals surface area contributed by atoms with E-state index in [1.807, 2.05) is 60.2 Å². The first-order chi connectivity index (χ1) is 17.9. The topological polar surface area (TPSA) is 78.9 Å². The first-order valence-electron chi connectivity index (χ1n) is 13.1. The zero-order valence-electron chi connectivity index (χ0n) is 21.4. The van der Waals surface area contributed by atoms with E-state index in [1.165, 1.54) is 11.3 Å². The number of amides is 2. The van der Waals surface area contributed by atoms with E-state index in [2.05, 4.69) is 22.1 Å². The predicted molar refractivity (Wildman–Crippen MR) is 143 cm³/mol. The van der Waals surface area contributed by atoms with E-state index in [9.17, 15) is 9.59 Å². The molecule has 1 spiro atoms. The van der Waals surface area contributed by atoms with Gasteiger partial charge in [0, 0.05) is 55.5 Å². The highest BCUT2D eigenvalue weighted by Gasteiger charge is 2.48. The number of nitrogens with zero attached hydrogens (tertiary/aromatic N) is 4. The molecule has 5 heterocycles. The maximum atomic E-state index is 13.7. The molecular weight excluding hydrogens is 484 g/mol. The molecule has 2 amide bonds. The number of aryl methyl sites for hydroxylation is 2. The van der Waals surface area contributed by atoms with Crippen molar-refractivity contribution in [3.8, 4) is 10.6 Å². The van der Waals surface area contributed by atoms with E-state index in [0.717, 1.165) is 60.1 Å². The minimum absolute atomic E-state index is 0.000975. The van der Waals surface area contributed by atoms with Crippen molar-refractivity contribution in [2.75, 3.05) is 32.8 Å². The third kappa shape index (κ3) is 4.80. The van der Waals surface area contributed by atoms with Crippen LogP contribution in [0.4, 0.5) is 0 Å². The molecule has 1 aromatic carbocycles. The summed E-state index contributed by atoms with van der Waals surface area (Å²) >= 11 is 1.42. The number of epoxide rings is 1. The van der Waals surface area contributed by atoms with Crippen LogP contribution in [-0.4, -0.2) is 70.0 Å². The van der Waals surface area contributed by atoms with Gasteiger partial charge in [-0.2, -0.15) is 0 Å². The quantitative estimate of drug-likeness (QED) is 0.479. The van der Waals surface area contributed by atoms with Gasteiger partial charge in [0.1, 0.15) is 9.88 Å². The summed E-state index contributed by atoms with van der Waals surface area (Å²) in [5.41, 5.74) is 3.77. The molecule has 0 unspecified atom stereocenters. The van der Waals surface area contributed by atoms with E-state index < -0.39 is 0 Å². The Morgan fingerprint density at radius 2 is 1.78 bits per heavy atom. The largest absolute Gasteiger partial charge is 0.369 e. The van der Waals surface area contributed by atoms with Crippen LogP contribution in [0.15, 0.2) is 48.7 Å². The summed E-state index contributed by atoms with van der Waals surface area (Å²) in [7, 11) is 0. The number of carbonyl (C=O) groups excluding carboxylic acids is 2. The number of carbonyl (C=O) groups is 2. The number of pyridine rings is 1. The number of aromatic nitrogens is 2. The molecule has 6 rings (SSSR count). The van der Waals surface area contributed by atoms with Crippen molar-refractivity contribution in [1.29, 1.82) is 0 Å². The van der Waals surface area contributed by atoms with Crippen LogP contribution >= 0.6 is 11.3 Å². The van der Waals surface area contributed by atoms with Crippen LogP contribution < -0.4 is 0 Å². The lowest BCUT2D eigenvalue weighted by Crippen LogP contribution is -2.50. The number of ether oxygens (including phenoxy) is 1. The van der Waals surface area contributed by atoms with Crippen LogP contribution in [0.1, 0.15) is 51.8 Å². The third-order valence-electron chi connectivity index (χ3n) is 8.13. The van der Waals surface area contributed by atoms with E-state index in [-0.39, 0.29) is 29.3 Å². The molecule has 0 aliphatic carbocycles. The molecule has 0 radical (unpaired) electrons. The highest BCUT2D eigenvalue weighted by molar-refractivity contribution is 7.17. The first-order valence-corrected chi connectivity index (χ1v) is 13.9. The van der Waals surface area contributed by atoms with Crippen LogP contribution in [0.3, 0.4) is 0 Å². The normalized spacial score (nSPS) is 22.8. The van der Waals surface area contributed by atoms with E-state index in [0.29, 0.717) is 24.4 Å². The fourth-order valence-electron chi connectivity index (χ4n) is 5.69. The van der Waals surface area contributed by atoms with E-state index in [4.69, 9.17) is 4.74 Å². The molecule has 3 saturated heterocycles. The van der Waals surface area contributed by atoms with Gasteiger partial charge in [-0.25, -0.2) is 4.98 Å². The molecule has 0 bridgehead atoms. The third-order valence-corrected chi connectivity index (χ3v) is 9.33. The van der Waals surface area contributed by atoms with Gasteiger partial charge in [-0.05, 0) is 50.8 Å². The number of hydrogen-bond acceptors (Lipinski definition) is 6. The highest BCUT2D eigenvalue weighted by atomic mass is 32.1. The Labute approximate surface area is 221 Å². The van der Waals surface area contributed by atoms with Gasteiger partial charge >= 0.3 is 0 Å². The molecular formula is C29H32N4O3S. The lowest BCUT2D eigenvalue weighted by atomic mass is 9.79. The van der Waals surface area contributed by atoms with Crippen molar-refractivity contribution in [2.24, 2.45) is 5.92 Å². The number of benzene rings is 1. The summed E-state index contributed by atoms with van der Waals surface area (Å²) < 4.78 is 5.64. The lowest BCUT2D eigenvalue weighted by Gasteiger charge is -2.41. The minimum Gasteiger partial charge on any atom is -0.369 e. The smallest absolute Gasteiger partial charge is 0.265 e. The van der Waals surface area contributed by atoms with Gasteiger partial charge in [0.15, 0.2) is 0 Å². The summed E-state index contributed by atoms with van der Waals surface area (Å²) in [4.78, 5) is 41.1. The fraction of sp³-hybridized carbons (Fsp3) is 0.448. The first kappa shape index (κ1) is 24.2. The van der Waals surface area contributed by atoms with Gasteiger partial charge in [0.2, 0.25) is 5.91 Å². The van der Waals surface area contributed by atoms with Gasteiger partial charge in [-0.1, -0.05) is 30.3 Å². The molecule has 0 N–H and O–H groups in total. The number of hydrogen-bond donors (Lipinski definition) is 0. The molecule has 7 nitrogen and oxygen atoms in total. The molecule has 3 aliphatic heterocycles. The maximum absolute atomic E-state index is 13.7. The molecule has 3 aliphatic rings. The van der Waals surface area contributed by atoms with Gasteiger partial charge in [0.05, 0.1) is 17.9 Å². The molecule has 192 valence electrons. The van der Waals surface area contributed by atoms with E-state index >= 15 is 0 Å². The Hall–Kier alpha value is -3.10. The second-order valence-corrected chi connectivity index (χ2v) is 11.6. The van der Waals surface area contributed by atoms with Crippen LogP contribution in [0.2, 0.25) is 0 Å². The van der Waals surface area contributed by atoms with Crippen molar-refractivity contribution in [2.45, 2.75) is 44.6 Å². The molecule has 2 aromatic heterocycles. The SMILES string of the molecule is Cc1ccc(-c2nc(C)c(C(=O)N3CC[C@@H](C(=O)N4CCC5(CC4)CO5)[C@H](c4ccccc4)C3)s2)cn1. The van der Waals surface area contributed by atoms with Crippen molar-refractivity contribution in [3.63, 3.8) is 0 Å². The van der Waals surface area contributed by atoms with Gasteiger partial charge in [0.25, 0.3) is 5.91 Å². The Bertz CT molecular complexity index is 1290. The summed E-state index contributed by atoms with van der Waals surface area (Å²) in [5, 5.41) is 0.806. The molecule has 3 fully saturated rings. The number of likely N-dealkylation sites (tertiary alicyclic amines) is 2. The number of thiazole rings is 1. The van der Waals surface area contributed by atoms with Crippen molar-refractivity contribution >= 4 is 23.2 Å². The second kappa shape index (κ2) is 9.65. The molecule has 0 saturated carbocycles. The van der Waals surface area contributed by atoms with Gasteiger partial charge in [-0.3, -0.25) is 14.6 Å². The fourth-order valence-corrected chi connectivity index (χ4v) is 6.71. The van der Waals surface area contributed by atoms with Crippen LogP contribution in [0.5, 0.6) is 0 Å². The van der Waals surface area contributed by atoms with E-state index in [1.54, 1.807) is 0 Å². The molecule has 2 atom stereocenters. The number of rotatable bonds is 4. The van der Waals surface area contributed by atoms with Crippen molar-refractivity contribution in [1.82, 2.24) is 19.8 Å². The van der Waals surface area contributed by atoms with Crippen LogP contribution in [0, 0.1) is 19.8 Å². The molecule has 3 aromatic rings. The minimum atomic E-state index is -0.127. The van der Waals surface area contributed by atoms with Crippen molar-refractivity contribution in [3.05, 3.63) is 70.5 Å². The average Bonchev–Trinajstić information content (AvgIpc) is 3.57. The highest BCUT2D eigenvalue weighted by Crippen LogP contribution is 2.40. The molecule has 37 heavy (non-hydrogen) atoms. The second-order valence-electron chi connectivity index (χ2n) is 10.6.